The number of hydrogen-bond acceptors (Lipinski definition) is 8. The number of cyclic esters (lactones) is 1. The van der Waals surface area contributed by atoms with Crippen molar-refractivity contribution < 1.29 is 39.2 Å². The van der Waals surface area contributed by atoms with Crippen molar-refractivity contribution >= 4 is 23.3 Å². The van der Waals surface area contributed by atoms with E-state index < -0.39 is 48.1 Å². The van der Waals surface area contributed by atoms with Gasteiger partial charge in [-0.2, -0.15) is 0 Å². The topological polar surface area (TPSA) is 142 Å². The number of fused-ring (bicyclic) bond motifs is 1. The maximum atomic E-state index is 12.4. The van der Waals surface area contributed by atoms with E-state index in [-0.39, 0.29) is 23.4 Å². The highest BCUT2D eigenvalue weighted by molar-refractivity contribution is 6.04. The lowest BCUT2D eigenvalue weighted by Gasteiger charge is -2.19. The van der Waals surface area contributed by atoms with Gasteiger partial charge in [0.1, 0.15) is 29.3 Å². The second-order valence-corrected chi connectivity index (χ2v) is 6.09. The number of aromatic hydroxyl groups is 1. The van der Waals surface area contributed by atoms with Gasteiger partial charge in [-0.25, -0.2) is 4.79 Å². The second kappa shape index (κ2) is 8.65. The van der Waals surface area contributed by atoms with E-state index in [1.54, 1.807) is 6.92 Å². The maximum absolute atomic E-state index is 12.4. The molecule has 1 aliphatic rings. The maximum Gasteiger partial charge on any atom is 0.344 e. The zero-order valence-electron chi connectivity index (χ0n) is 14.8. The molecule has 0 spiro atoms. The lowest BCUT2D eigenvalue weighted by Crippen LogP contribution is -2.36. The average Bonchev–Trinajstić information content (AvgIpc) is 2.59. The van der Waals surface area contributed by atoms with Gasteiger partial charge in [-0.1, -0.05) is 6.08 Å². The Bertz CT molecular complexity index is 773. The summed E-state index contributed by atoms with van der Waals surface area (Å²) in [6.07, 6.45) is -2.07. The number of amides is 1. The number of ether oxygens (including phenoxy) is 2. The van der Waals surface area contributed by atoms with Crippen molar-refractivity contribution in [1.82, 2.24) is 0 Å². The van der Waals surface area contributed by atoms with Crippen LogP contribution in [-0.4, -0.2) is 58.4 Å². The number of hydrogen-bond donors (Lipinski definition) is 4. The summed E-state index contributed by atoms with van der Waals surface area (Å²) >= 11 is 0. The molecule has 1 heterocycles. The van der Waals surface area contributed by atoms with Crippen LogP contribution in [-0.2, 0) is 14.3 Å². The van der Waals surface area contributed by atoms with Crippen molar-refractivity contribution in [3.8, 4) is 11.5 Å². The molecular weight excluding hydrogens is 358 g/mol. The molecule has 2 rings (SSSR count). The van der Waals surface area contributed by atoms with Crippen LogP contribution < -0.4 is 10.1 Å². The average molecular weight is 379 g/mol. The molecule has 1 aliphatic heterocycles. The first kappa shape index (κ1) is 20.4. The first-order valence-electron chi connectivity index (χ1n) is 8.21. The highest BCUT2D eigenvalue weighted by Crippen LogP contribution is 2.33. The number of nitrogens with one attached hydrogen (secondary N) is 1. The Morgan fingerprint density at radius 2 is 1.93 bits per heavy atom. The van der Waals surface area contributed by atoms with Crippen LogP contribution in [0.1, 0.15) is 30.1 Å². The highest BCUT2D eigenvalue weighted by Gasteiger charge is 2.27. The smallest absolute Gasteiger partial charge is 0.344 e. The molecule has 1 aromatic carbocycles. The van der Waals surface area contributed by atoms with E-state index in [9.17, 15) is 29.7 Å². The number of benzene rings is 1. The lowest BCUT2D eigenvalue weighted by molar-refractivity contribution is -0.130. The van der Waals surface area contributed by atoms with E-state index in [0.717, 1.165) is 6.08 Å². The number of aliphatic hydroxyl groups is 2. The molecule has 3 atom stereocenters. The number of carbonyl (C=O) groups is 3. The molecule has 1 aromatic rings. The molecule has 0 bridgehead atoms. The number of esters is 1. The minimum Gasteiger partial charge on any atom is -0.507 e. The molecule has 1 amide bonds. The summed E-state index contributed by atoms with van der Waals surface area (Å²) in [5.74, 6) is -2.72. The Hall–Kier alpha value is -2.91. The first-order chi connectivity index (χ1) is 12.7. The number of phenolic OH excluding ortho intramolecular Hbond substituents is 1. The fraction of sp³-hybridized carbons (Fsp3) is 0.389. The summed E-state index contributed by atoms with van der Waals surface area (Å²) < 4.78 is 10.2. The van der Waals surface area contributed by atoms with Crippen LogP contribution in [0, 0.1) is 0 Å². The van der Waals surface area contributed by atoms with Crippen LogP contribution in [0.2, 0.25) is 0 Å². The van der Waals surface area contributed by atoms with Crippen molar-refractivity contribution in [2.75, 3.05) is 12.4 Å². The van der Waals surface area contributed by atoms with Crippen LogP contribution in [0.15, 0.2) is 24.3 Å². The van der Waals surface area contributed by atoms with Crippen LogP contribution >= 0.6 is 0 Å². The van der Waals surface area contributed by atoms with Crippen molar-refractivity contribution in [3.05, 3.63) is 29.8 Å². The number of anilines is 1. The molecule has 0 aliphatic carbocycles. The van der Waals surface area contributed by atoms with Gasteiger partial charge >= 0.3 is 5.97 Å². The van der Waals surface area contributed by atoms with E-state index in [0.29, 0.717) is 0 Å². The third-order valence-corrected chi connectivity index (χ3v) is 3.91. The van der Waals surface area contributed by atoms with Crippen LogP contribution in [0.5, 0.6) is 11.5 Å². The van der Waals surface area contributed by atoms with Gasteiger partial charge in [-0.3, -0.25) is 9.59 Å². The van der Waals surface area contributed by atoms with Crippen molar-refractivity contribution in [1.29, 1.82) is 0 Å². The largest absolute Gasteiger partial charge is 0.507 e. The first-order valence-corrected chi connectivity index (χ1v) is 8.21. The normalized spacial score (nSPS) is 25.6. The zero-order valence-corrected chi connectivity index (χ0v) is 14.8. The zero-order chi connectivity index (χ0) is 20.1. The molecule has 0 saturated heterocycles. The molecule has 0 radical (unpaired) electrons. The van der Waals surface area contributed by atoms with E-state index in [1.807, 2.05) is 0 Å². The number of aliphatic hydroxyl groups excluding tert-OH is 2. The van der Waals surface area contributed by atoms with E-state index in [4.69, 9.17) is 9.47 Å². The number of methoxy groups -OCH3 is 1. The molecule has 27 heavy (non-hydrogen) atoms. The van der Waals surface area contributed by atoms with Gasteiger partial charge in [0.15, 0.2) is 5.78 Å². The third kappa shape index (κ3) is 5.05. The van der Waals surface area contributed by atoms with E-state index in [2.05, 4.69) is 5.32 Å². The Labute approximate surface area is 155 Å². The lowest BCUT2D eigenvalue weighted by atomic mass is 10.0. The number of carbonyl (C=O) groups excluding carboxylic acids is 3. The minimum atomic E-state index is -1.77. The molecule has 4 N–H and O–H groups in total. The molecule has 9 nitrogen and oxygen atoms in total. The van der Waals surface area contributed by atoms with Gasteiger partial charge in [0.05, 0.1) is 25.3 Å². The number of ketones is 1. The summed E-state index contributed by atoms with van der Waals surface area (Å²) in [4.78, 5) is 36.4. The Morgan fingerprint density at radius 3 is 2.59 bits per heavy atom. The van der Waals surface area contributed by atoms with Crippen molar-refractivity contribution in [3.63, 3.8) is 0 Å². The quantitative estimate of drug-likeness (QED) is 0.518. The summed E-state index contributed by atoms with van der Waals surface area (Å²) in [6, 6.07) is 2.50. The van der Waals surface area contributed by atoms with Crippen molar-refractivity contribution in [2.24, 2.45) is 0 Å². The van der Waals surface area contributed by atoms with Gasteiger partial charge < -0.3 is 30.1 Å². The van der Waals surface area contributed by atoms with Crippen LogP contribution in [0.3, 0.4) is 0 Å². The monoisotopic (exact) mass is 379 g/mol. The second-order valence-electron chi connectivity index (χ2n) is 6.09. The van der Waals surface area contributed by atoms with Crippen molar-refractivity contribution in [2.45, 2.75) is 38.1 Å². The third-order valence-electron chi connectivity index (χ3n) is 3.91. The molecule has 9 heteroatoms. The Kier molecular flexibility index (Phi) is 6.54. The van der Waals surface area contributed by atoms with Crippen LogP contribution in [0.4, 0.5) is 5.69 Å². The summed E-state index contributed by atoms with van der Waals surface area (Å²) in [5, 5.41) is 32.3. The standard InChI is InChI=1S/C18H21NO8/c1-9-4-3-5-12(20)17(24)14(22)8-15(23)19-11-6-10(26-2)7-13(21)16(11)18(25)27-9/h3,5-7,9,14,17,21-22,24H,4,8H2,1-2H3,(H,19,23)/b5-3-/t9-,14-,17?/m0/s1. The van der Waals surface area contributed by atoms with Crippen LogP contribution in [0.25, 0.3) is 0 Å². The molecule has 0 aromatic heterocycles. The fourth-order valence-electron chi connectivity index (χ4n) is 2.49. The van der Waals surface area contributed by atoms with Gasteiger partial charge in [-0.15, -0.1) is 0 Å². The number of phenols is 1. The Morgan fingerprint density at radius 1 is 1.22 bits per heavy atom. The minimum absolute atomic E-state index is 0.0883. The molecule has 1 unspecified atom stereocenters. The van der Waals surface area contributed by atoms with E-state index >= 15 is 0 Å². The van der Waals surface area contributed by atoms with Gasteiger partial charge in [0.2, 0.25) is 5.91 Å². The van der Waals surface area contributed by atoms with Gasteiger partial charge in [0, 0.05) is 18.6 Å². The molecule has 0 saturated carbocycles. The fourth-order valence-corrected chi connectivity index (χ4v) is 2.49. The summed E-state index contributed by atoms with van der Waals surface area (Å²) in [5.41, 5.74) is -0.363. The van der Waals surface area contributed by atoms with Gasteiger partial charge in [-0.05, 0) is 13.0 Å². The predicted octanol–water partition coefficient (Wildman–Crippen LogP) is 0.525. The molecular formula is C18H21NO8. The van der Waals surface area contributed by atoms with E-state index in [1.165, 1.54) is 25.3 Å². The highest BCUT2D eigenvalue weighted by atomic mass is 16.5. The number of rotatable bonds is 1. The van der Waals surface area contributed by atoms with Gasteiger partial charge in [0.25, 0.3) is 0 Å². The predicted molar refractivity (Wildman–Crippen MR) is 93.6 cm³/mol. The summed E-state index contributed by atoms with van der Waals surface area (Å²) in [7, 11) is 1.34. The molecule has 0 fully saturated rings. The summed E-state index contributed by atoms with van der Waals surface area (Å²) in [6.45, 7) is 1.57. The SMILES string of the molecule is COc1cc(O)c2c(c1)NC(=O)C[C@H](O)C(O)C(=O)/C=C\C[C@H](C)OC2=O. The Balaban J connectivity index is 2.45. The molecule has 146 valence electrons.